The number of ether oxygens (including phenoxy) is 1. The van der Waals surface area contributed by atoms with E-state index in [-0.39, 0.29) is 24.5 Å². The molecule has 1 amide bonds. The number of nitrogens with one attached hydrogen (secondary N) is 1. The molecule has 1 aliphatic rings. The number of aliphatic carboxylic acids is 1. The van der Waals surface area contributed by atoms with Gasteiger partial charge in [0.05, 0.1) is 12.1 Å². The molecule has 0 aromatic heterocycles. The van der Waals surface area contributed by atoms with E-state index >= 15 is 0 Å². The lowest BCUT2D eigenvalue weighted by Gasteiger charge is -2.24. The highest BCUT2D eigenvalue weighted by atomic mass is 16.5. The number of rotatable bonds is 8. The Hall–Kier alpha value is -1.88. The largest absolute Gasteiger partial charge is 0.481 e. The normalized spacial score (nSPS) is 18.8. The Morgan fingerprint density at radius 3 is 2.59 bits per heavy atom. The monoisotopic (exact) mass is 305 g/mol. The molecule has 1 aromatic rings. The number of carboxylic acids is 1. The van der Waals surface area contributed by atoms with Crippen molar-refractivity contribution in [1.82, 2.24) is 5.32 Å². The number of carbonyl (C=O) groups excluding carboxylic acids is 1. The van der Waals surface area contributed by atoms with Gasteiger partial charge in [0, 0.05) is 19.4 Å². The lowest BCUT2D eigenvalue weighted by atomic mass is 9.99. The Kier molecular flexibility index (Phi) is 6.40. The first-order chi connectivity index (χ1) is 10.7. The summed E-state index contributed by atoms with van der Waals surface area (Å²) in [6, 6.07) is 9.72. The van der Waals surface area contributed by atoms with E-state index in [1.54, 1.807) is 0 Å². The number of hydrogen-bond acceptors (Lipinski definition) is 3. The molecule has 0 radical (unpaired) electrons. The molecule has 1 fully saturated rings. The maximum absolute atomic E-state index is 12.1. The lowest BCUT2D eigenvalue weighted by molar-refractivity contribution is -0.137. The second-order valence-corrected chi connectivity index (χ2v) is 5.61. The molecule has 0 bridgehead atoms. The molecular weight excluding hydrogens is 282 g/mol. The fourth-order valence-corrected chi connectivity index (χ4v) is 2.72. The van der Waals surface area contributed by atoms with E-state index in [9.17, 15) is 9.59 Å². The third kappa shape index (κ3) is 5.15. The van der Waals surface area contributed by atoms with Crippen molar-refractivity contribution >= 4 is 11.9 Å². The van der Waals surface area contributed by atoms with Crippen molar-refractivity contribution in [3.63, 3.8) is 0 Å². The van der Waals surface area contributed by atoms with Gasteiger partial charge in [0.2, 0.25) is 5.91 Å². The molecular formula is C17H23NO4. The third-order valence-corrected chi connectivity index (χ3v) is 3.86. The van der Waals surface area contributed by atoms with Crippen molar-refractivity contribution in [3.8, 4) is 0 Å². The van der Waals surface area contributed by atoms with E-state index < -0.39 is 5.97 Å². The molecule has 1 aliphatic heterocycles. The second-order valence-electron chi connectivity index (χ2n) is 5.61. The van der Waals surface area contributed by atoms with Gasteiger partial charge in [0.1, 0.15) is 0 Å². The topological polar surface area (TPSA) is 75.6 Å². The van der Waals surface area contributed by atoms with Crippen LogP contribution >= 0.6 is 0 Å². The van der Waals surface area contributed by atoms with Crippen LogP contribution in [0, 0.1) is 0 Å². The predicted octanol–water partition coefficient (Wildman–Crippen LogP) is 2.67. The van der Waals surface area contributed by atoms with Crippen LogP contribution in [0.4, 0.5) is 0 Å². The van der Waals surface area contributed by atoms with Crippen molar-refractivity contribution in [2.24, 2.45) is 0 Å². The molecule has 2 rings (SSSR count). The fourth-order valence-electron chi connectivity index (χ4n) is 2.72. The van der Waals surface area contributed by atoms with Crippen LogP contribution < -0.4 is 5.32 Å². The number of carboxylic acid groups (broad SMARTS) is 1. The first-order valence-corrected chi connectivity index (χ1v) is 7.84. The van der Waals surface area contributed by atoms with Crippen molar-refractivity contribution in [2.75, 3.05) is 6.61 Å². The molecule has 0 saturated carbocycles. The van der Waals surface area contributed by atoms with Gasteiger partial charge in [-0.1, -0.05) is 30.3 Å². The molecule has 120 valence electrons. The van der Waals surface area contributed by atoms with Gasteiger partial charge in [0.25, 0.3) is 0 Å². The molecule has 5 heteroatoms. The summed E-state index contributed by atoms with van der Waals surface area (Å²) < 4.78 is 5.74. The van der Waals surface area contributed by atoms with Crippen LogP contribution in [0.3, 0.4) is 0 Å². The number of benzene rings is 1. The van der Waals surface area contributed by atoms with E-state index in [2.05, 4.69) is 5.32 Å². The molecule has 1 heterocycles. The summed E-state index contributed by atoms with van der Waals surface area (Å²) >= 11 is 0. The minimum absolute atomic E-state index is 0.0189. The molecule has 0 spiro atoms. The van der Waals surface area contributed by atoms with E-state index in [1.807, 2.05) is 30.3 Å². The smallest absolute Gasteiger partial charge is 0.303 e. The van der Waals surface area contributed by atoms with Gasteiger partial charge < -0.3 is 15.2 Å². The number of amides is 1. The van der Waals surface area contributed by atoms with Crippen molar-refractivity contribution in [2.45, 2.75) is 50.7 Å². The highest BCUT2D eigenvalue weighted by Crippen LogP contribution is 2.27. The quantitative estimate of drug-likeness (QED) is 0.724. The Morgan fingerprint density at radius 2 is 1.95 bits per heavy atom. The third-order valence-electron chi connectivity index (χ3n) is 3.86. The molecule has 2 unspecified atom stereocenters. The van der Waals surface area contributed by atoms with Crippen LogP contribution in [-0.2, 0) is 14.3 Å². The summed E-state index contributed by atoms with van der Waals surface area (Å²) in [6.07, 6.45) is 3.56. The van der Waals surface area contributed by atoms with Crippen molar-refractivity contribution < 1.29 is 19.4 Å². The van der Waals surface area contributed by atoms with Gasteiger partial charge in [-0.05, 0) is 31.2 Å². The minimum atomic E-state index is -0.818. The summed E-state index contributed by atoms with van der Waals surface area (Å²) in [6.45, 7) is 0.739. The van der Waals surface area contributed by atoms with E-state index in [0.29, 0.717) is 19.3 Å². The van der Waals surface area contributed by atoms with Crippen LogP contribution in [0.2, 0.25) is 0 Å². The van der Waals surface area contributed by atoms with Crippen LogP contribution in [0.1, 0.15) is 50.1 Å². The summed E-state index contributed by atoms with van der Waals surface area (Å²) in [7, 11) is 0. The summed E-state index contributed by atoms with van der Waals surface area (Å²) in [5, 5.41) is 11.7. The van der Waals surface area contributed by atoms with Gasteiger partial charge in [-0.25, -0.2) is 0 Å². The van der Waals surface area contributed by atoms with E-state index in [0.717, 1.165) is 25.0 Å². The van der Waals surface area contributed by atoms with Crippen LogP contribution in [0.5, 0.6) is 0 Å². The predicted molar refractivity (Wildman–Crippen MR) is 82.4 cm³/mol. The van der Waals surface area contributed by atoms with E-state index in [1.165, 1.54) is 0 Å². The van der Waals surface area contributed by atoms with E-state index in [4.69, 9.17) is 9.84 Å². The standard InChI is InChI=1S/C17H23NO4/c19-15(10-4-5-11-16(20)21)18-17(14-9-6-12-22-14)13-7-2-1-3-8-13/h1-3,7-8,14,17H,4-6,9-12H2,(H,18,19)(H,20,21). The van der Waals surface area contributed by atoms with Gasteiger partial charge in [0.15, 0.2) is 0 Å². The lowest BCUT2D eigenvalue weighted by Crippen LogP contribution is -2.36. The van der Waals surface area contributed by atoms with Crippen LogP contribution in [-0.4, -0.2) is 29.7 Å². The zero-order chi connectivity index (χ0) is 15.8. The highest BCUT2D eigenvalue weighted by molar-refractivity contribution is 5.76. The molecule has 22 heavy (non-hydrogen) atoms. The first kappa shape index (κ1) is 16.5. The average molecular weight is 305 g/mol. The zero-order valence-electron chi connectivity index (χ0n) is 12.7. The molecule has 1 aromatic carbocycles. The van der Waals surface area contributed by atoms with Gasteiger partial charge in [-0.15, -0.1) is 0 Å². The minimum Gasteiger partial charge on any atom is -0.481 e. The number of unbranched alkanes of at least 4 members (excludes halogenated alkanes) is 1. The summed E-state index contributed by atoms with van der Waals surface area (Å²) in [5.74, 6) is -0.864. The maximum atomic E-state index is 12.1. The highest BCUT2D eigenvalue weighted by Gasteiger charge is 2.28. The Bertz CT molecular complexity index is 483. The van der Waals surface area contributed by atoms with Crippen molar-refractivity contribution in [3.05, 3.63) is 35.9 Å². The summed E-state index contributed by atoms with van der Waals surface area (Å²) in [4.78, 5) is 22.6. The van der Waals surface area contributed by atoms with Gasteiger partial charge >= 0.3 is 5.97 Å². The number of carbonyl (C=O) groups is 2. The Morgan fingerprint density at radius 1 is 1.23 bits per heavy atom. The Labute approximate surface area is 130 Å². The Balaban J connectivity index is 1.89. The number of hydrogen-bond donors (Lipinski definition) is 2. The molecule has 2 N–H and O–H groups in total. The summed E-state index contributed by atoms with van der Waals surface area (Å²) in [5.41, 5.74) is 1.05. The molecule has 0 aliphatic carbocycles. The first-order valence-electron chi connectivity index (χ1n) is 7.84. The van der Waals surface area contributed by atoms with Crippen LogP contribution in [0.25, 0.3) is 0 Å². The molecule has 1 saturated heterocycles. The molecule has 2 atom stereocenters. The maximum Gasteiger partial charge on any atom is 0.303 e. The van der Waals surface area contributed by atoms with Crippen LogP contribution in [0.15, 0.2) is 30.3 Å². The second kappa shape index (κ2) is 8.54. The molecule has 5 nitrogen and oxygen atoms in total. The fraction of sp³-hybridized carbons (Fsp3) is 0.529. The SMILES string of the molecule is O=C(O)CCCCC(=O)NC(c1ccccc1)C1CCCO1. The van der Waals surface area contributed by atoms with Crippen molar-refractivity contribution in [1.29, 1.82) is 0 Å². The van der Waals surface area contributed by atoms with Gasteiger partial charge in [-0.3, -0.25) is 9.59 Å². The van der Waals surface area contributed by atoms with Gasteiger partial charge in [-0.2, -0.15) is 0 Å². The average Bonchev–Trinajstić information content (AvgIpc) is 3.04. The zero-order valence-corrected chi connectivity index (χ0v) is 12.7.